The van der Waals surface area contributed by atoms with Gasteiger partial charge in [-0.2, -0.15) is 13.2 Å². The normalized spacial score (nSPS) is 12.9. The van der Waals surface area contributed by atoms with E-state index in [1.807, 2.05) is 0 Å². The van der Waals surface area contributed by atoms with Crippen molar-refractivity contribution < 1.29 is 31.1 Å². The molecular weight excluding hydrogens is 429 g/mol. The van der Waals surface area contributed by atoms with Crippen molar-refractivity contribution in [2.75, 3.05) is 6.26 Å². The van der Waals surface area contributed by atoms with Gasteiger partial charge in [0.05, 0.1) is 4.90 Å². The number of halogens is 3. The topological polar surface area (TPSA) is 60.4 Å². The fourth-order valence-electron chi connectivity index (χ4n) is 2.97. The highest BCUT2D eigenvalue weighted by Crippen LogP contribution is 2.37. The fraction of sp³-hybridized carbons (Fsp3) is 0.174. The molecule has 8 heteroatoms. The van der Waals surface area contributed by atoms with Crippen LogP contribution in [0.4, 0.5) is 13.2 Å². The van der Waals surface area contributed by atoms with Crippen LogP contribution >= 0.6 is 0 Å². The summed E-state index contributed by atoms with van der Waals surface area (Å²) >= 11 is 0. The Labute approximate surface area is 178 Å². The average Bonchev–Trinajstić information content (AvgIpc) is 2.72. The second kappa shape index (κ2) is 8.55. The van der Waals surface area contributed by atoms with E-state index >= 15 is 0 Å². The first-order chi connectivity index (χ1) is 14.5. The molecule has 0 unspecified atom stereocenters. The Bertz CT molecular complexity index is 1200. The average molecular weight is 448 g/mol. The number of sulfone groups is 1. The molecule has 0 aliphatic rings. The van der Waals surface area contributed by atoms with Crippen LogP contribution in [0.1, 0.15) is 22.8 Å². The maximum absolute atomic E-state index is 13.1. The van der Waals surface area contributed by atoms with Crippen molar-refractivity contribution in [3.05, 3.63) is 83.9 Å². The van der Waals surface area contributed by atoms with Crippen molar-refractivity contribution in [2.45, 2.75) is 24.1 Å². The van der Waals surface area contributed by atoms with Crippen LogP contribution < -0.4 is 4.74 Å². The SMILES string of the molecule is C[C@H](Oc1ccc(S(C)(=O)=O)cc1-c1ccccc1C(=O)c1ccccc1)C(F)(F)F. The lowest BCUT2D eigenvalue weighted by Crippen LogP contribution is -2.31. The van der Waals surface area contributed by atoms with Crippen LogP contribution in [0.15, 0.2) is 77.7 Å². The van der Waals surface area contributed by atoms with Gasteiger partial charge in [-0.1, -0.05) is 54.6 Å². The Hall–Kier alpha value is -3.13. The van der Waals surface area contributed by atoms with Crippen LogP contribution in [0.25, 0.3) is 11.1 Å². The fourth-order valence-corrected chi connectivity index (χ4v) is 3.62. The number of carbonyl (C=O) groups is 1. The van der Waals surface area contributed by atoms with Crippen LogP contribution in [0.3, 0.4) is 0 Å². The first-order valence-corrected chi connectivity index (χ1v) is 11.1. The third-order valence-electron chi connectivity index (χ3n) is 4.64. The summed E-state index contributed by atoms with van der Waals surface area (Å²) in [5.41, 5.74) is 0.953. The smallest absolute Gasteiger partial charge is 0.425 e. The molecule has 3 rings (SSSR count). The van der Waals surface area contributed by atoms with E-state index in [0.29, 0.717) is 5.56 Å². The minimum atomic E-state index is -4.62. The highest BCUT2D eigenvalue weighted by molar-refractivity contribution is 7.90. The van der Waals surface area contributed by atoms with Gasteiger partial charge in [0.1, 0.15) is 5.75 Å². The molecule has 3 aromatic carbocycles. The number of benzene rings is 3. The highest BCUT2D eigenvalue weighted by Gasteiger charge is 2.38. The van der Waals surface area contributed by atoms with E-state index in [1.54, 1.807) is 48.5 Å². The quantitative estimate of drug-likeness (QED) is 0.479. The maximum Gasteiger partial charge on any atom is 0.425 e. The summed E-state index contributed by atoms with van der Waals surface area (Å²) in [7, 11) is -3.65. The van der Waals surface area contributed by atoms with Crippen LogP contribution in [0.2, 0.25) is 0 Å². The third kappa shape index (κ3) is 5.14. The lowest BCUT2D eigenvalue weighted by Gasteiger charge is -2.21. The summed E-state index contributed by atoms with van der Waals surface area (Å²) in [4.78, 5) is 13.0. The summed E-state index contributed by atoms with van der Waals surface area (Å²) in [6.45, 7) is 0.856. The molecule has 0 radical (unpaired) electrons. The van der Waals surface area contributed by atoms with E-state index in [-0.39, 0.29) is 33.1 Å². The molecule has 4 nitrogen and oxygen atoms in total. The zero-order valence-corrected chi connectivity index (χ0v) is 17.5. The zero-order chi connectivity index (χ0) is 22.8. The minimum absolute atomic E-state index is 0.0823. The lowest BCUT2D eigenvalue weighted by molar-refractivity contribution is -0.189. The molecule has 0 saturated heterocycles. The van der Waals surface area contributed by atoms with Crippen molar-refractivity contribution in [3.63, 3.8) is 0 Å². The van der Waals surface area contributed by atoms with Gasteiger partial charge in [0, 0.05) is 22.9 Å². The molecule has 162 valence electrons. The Kier molecular flexibility index (Phi) is 6.22. The number of ether oxygens (including phenoxy) is 1. The number of hydrogen-bond donors (Lipinski definition) is 0. The molecule has 0 aliphatic carbocycles. The molecule has 31 heavy (non-hydrogen) atoms. The van der Waals surface area contributed by atoms with E-state index in [0.717, 1.165) is 13.2 Å². The molecule has 0 heterocycles. The molecule has 3 aromatic rings. The van der Waals surface area contributed by atoms with E-state index in [4.69, 9.17) is 4.74 Å². The summed E-state index contributed by atoms with van der Waals surface area (Å²) in [5.74, 6) is -0.527. The van der Waals surface area contributed by atoms with E-state index < -0.39 is 22.1 Å². The van der Waals surface area contributed by atoms with E-state index in [9.17, 15) is 26.4 Å². The number of alkyl halides is 3. The Balaban J connectivity index is 2.20. The van der Waals surface area contributed by atoms with Crippen LogP contribution in [0.5, 0.6) is 5.75 Å². The molecular formula is C23H19F3O4S. The van der Waals surface area contributed by atoms with Crippen LogP contribution in [0, 0.1) is 0 Å². The van der Waals surface area contributed by atoms with Crippen molar-refractivity contribution >= 4 is 15.6 Å². The molecule has 0 amide bonds. The van der Waals surface area contributed by atoms with Gasteiger partial charge in [-0.25, -0.2) is 8.42 Å². The lowest BCUT2D eigenvalue weighted by atomic mass is 9.93. The highest BCUT2D eigenvalue weighted by atomic mass is 32.2. The first kappa shape index (κ1) is 22.6. The van der Waals surface area contributed by atoms with Crippen LogP contribution in [-0.4, -0.2) is 32.7 Å². The molecule has 0 saturated carbocycles. The monoisotopic (exact) mass is 448 g/mol. The number of hydrogen-bond acceptors (Lipinski definition) is 4. The van der Waals surface area contributed by atoms with Gasteiger partial charge >= 0.3 is 6.18 Å². The minimum Gasteiger partial charge on any atom is -0.481 e. The predicted molar refractivity (Wildman–Crippen MR) is 111 cm³/mol. The summed E-state index contributed by atoms with van der Waals surface area (Å²) in [6, 6.07) is 18.3. The van der Waals surface area contributed by atoms with E-state index in [1.165, 1.54) is 24.3 Å². The Morgan fingerprint density at radius 2 is 1.52 bits per heavy atom. The van der Waals surface area contributed by atoms with Crippen molar-refractivity contribution in [2.24, 2.45) is 0 Å². The van der Waals surface area contributed by atoms with Crippen molar-refractivity contribution in [1.82, 2.24) is 0 Å². The molecule has 0 spiro atoms. The second-order valence-electron chi connectivity index (χ2n) is 6.97. The maximum atomic E-state index is 13.1. The van der Waals surface area contributed by atoms with Gasteiger partial charge in [-0.15, -0.1) is 0 Å². The summed E-state index contributed by atoms with van der Waals surface area (Å²) < 4.78 is 68.5. The molecule has 0 aromatic heterocycles. The third-order valence-corrected chi connectivity index (χ3v) is 5.75. The first-order valence-electron chi connectivity index (χ1n) is 9.25. The van der Waals surface area contributed by atoms with Gasteiger partial charge in [0.25, 0.3) is 0 Å². The Morgan fingerprint density at radius 3 is 2.13 bits per heavy atom. The van der Waals surface area contributed by atoms with Crippen molar-refractivity contribution in [3.8, 4) is 16.9 Å². The molecule has 0 fully saturated rings. The van der Waals surface area contributed by atoms with Gasteiger partial charge in [-0.05, 0) is 30.7 Å². The Morgan fingerprint density at radius 1 is 0.903 bits per heavy atom. The summed E-state index contributed by atoms with van der Waals surface area (Å²) in [5, 5.41) is 0. The van der Waals surface area contributed by atoms with Gasteiger partial charge in [0.15, 0.2) is 21.7 Å². The van der Waals surface area contributed by atoms with Gasteiger partial charge in [0.2, 0.25) is 0 Å². The number of ketones is 1. The molecule has 0 N–H and O–H groups in total. The standard InChI is InChI=1S/C23H19F3O4S/c1-15(23(24,25)26)30-21-13-12-17(31(2,28)29)14-20(21)18-10-6-7-11-19(18)22(27)16-8-4-3-5-9-16/h3-15H,1-2H3/t15-/m0/s1. The van der Waals surface area contributed by atoms with Gasteiger partial charge < -0.3 is 4.74 Å². The van der Waals surface area contributed by atoms with Crippen molar-refractivity contribution in [1.29, 1.82) is 0 Å². The number of rotatable bonds is 6. The van der Waals surface area contributed by atoms with Gasteiger partial charge in [-0.3, -0.25) is 4.79 Å². The van der Waals surface area contributed by atoms with Crippen LogP contribution in [-0.2, 0) is 9.84 Å². The summed E-state index contributed by atoms with van der Waals surface area (Å²) in [6.07, 6.45) is -5.76. The largest absolute Gasteiger partial charge is 0.481 e. The second-order valence-corrected chi connectivity index (χ2v) is 8.99. The molecule has 0 aliphatic heterocycles. The predicted octanol–water partition coefficient (Wildman–Crippen LogP) is 5.32. The molecule has 1 atom stereocenters. The van der Waals surface area contributed by atoms with E-state index in [2.05, 4.69) is 0 Å². The number of carbonyl (C=O) groups excluding carboxylic acids is 1. The zero-order valence-electron chi connectivity index (χ0n) is 16.7. The molecule has 0 bridgehead atoms.